The Morgan fingerprint density at radius 2 is 1.81 bits per heavy atom. The highest BCUT2D eigenvalue weighted by atomic mass is 32.2. The van der Waals surface area contributed by atoms with E-state index in [-0.39, 0.29) is 17.9 Å². The van der Waals surface area contributed by atoms with Crippen LogP contribution in [-0.2, 0) is 16.1 Å². The molecule has 0 heterocycles. The Kier molecular flexibility index (Phi) is 10.4. The maximum atomic E-state index is 13.3. The summed E-state index contributed by atoms with van der Waals surface area (Å²) >= 11 is 1.65. The quantitative estimate of drug-likeness (QED) is 0.475. The number of nitrogens with zero attached hydrogens (tertiary/aromatic N) is 1. The van der Waals surface area contributed by atoms with Crippen molar-refractivity contribution in [1.82, 2.24) is 10.2 Å². The van der Waals surface area contributed by atoms with Crippen LogP contribution in [0.2, 0.25) is 0 Å². The fourth-order valence-electron chi connectivity index (χ4n) is 3.24. The molecule has 0 spiro atoms. The SMILES string of the molecule is CCC(C)NC(=O)C(CC)N(Cc1cccc(OC)c1)C(=O)CCSc1ccccc1. The molecule has 6 heteroatoms. The number of amides is 2. The largest absolute Gasteiger partial charge is 0.497 e. The molecule has 0 aliphatic heterocycles. The van der Waals surface area contributed by atoms with Crippen LogP contribution in [-0.4, -0.2) is 41.7 Å². The molecule has 0 bridgehead atoms. The lowest BCUT2D eigenvalue weighted by molar-refractivity contribution is -0.141. The lowest BCUT2D eigenvalue weighted by Gasteiger charge is -2.31. The summed E-state index contributed by atoms with van der Waals surface area (Å²) < 4.78 is 5.33. The van der Waals surface area contributed by atoms with Crippen molar-refractivity contribution in [3.05, 3.63) is 60.2 Å². The molecule has 2 amide bonds. The highest BCUT2D eigenvalue weighted by Crippen LogP contribution is 2.21. The van der Waals surface area contributed by atoms with Gasteiger partial charge in [-0.2, -0.15) is 0 Å². The average Bonchev–Trinajstić information content (AvgIpc) is 2.79. The lowest BCUT2D eigenvalue weighted by Crippen LogP contribution is -2.50. The number of ether oxygens (including phenoxy) is 1. The molecule has 0 aliphatic rings. The summed E-state index contributed by atoms with van der Waals surface area (Å²) in [6.45, 7) is 6.34. The van der Waals surface area contributed by atoms with E-state index in [1.165, 1.54) is 0 Å². The van der Waals surface area contributed by atoms with Gasteiger partial charge in [-0.25, -0.2) is 0 Å². The Balaban J connectivity index is 2.16. The van der Waals surface area contributed by atoms with E-state index in [1.54, 1.807) is 23.8 Å². The number of hydrogen-bond donors (Lipinski definition) is 1. The average molecular weight is 443 g/mol. The van der Waals surface area contributed by atoms with E-state index in [2.05, 4.69) is 5.32 Å². The van der Waals surface area contributed by atoms with E-state index in [1.807, 2.05) is 75.4 Å². The fourth-order valence-corrected chi connectivity index (χ4v) is 4.11. The lowest BCUT2D eigenvalue weighted by atomic mass is 10.1. The zero-order chi connectivity index (χ0) is 22.6. The summed E-state index contributed by atoms with van der Waals surface area (Å²) in [5.74, 6) is 1.30. The van der Waals surface area contributed by atoms with E-state index >= 15 is 0 Å². The van der Waals surface area contributed by atoms with Crippen molar-refractivity contribution in [2.45, 2.75) is 63.6 Å². The molecule has 0 saturated heterocycles. The highest BCUT2D eigenvalue weighted by molar-refractivity contribution is 7.99. The number of carbonyl (C=O) groups excluding carboxylic acids is 2. The van der Waals surface area contributed by atoms with Gasteiger partial charge in [0.25, 0.3) is 0 Å². The molecule has 0 aromatic heterocycles. The van der Waals surface area contributed by atoms with Gasteiger partial charge < -0.3 is 15.0 Å². The Bertz CT molecular complexity index is 829. The van der Waals surface area contributed by atoms with Crippen LogP contribution in [0.25, 0.3) is 0 Å². The number of benzene rings is 2. The topological polar surface area (TPSA) is 58.6 Å². The van der Waals surface area contributed by atoms with Crippen LogP contribution in [0.15, 0.2) is 59.5 Å². The maximum Gasteiger partial charge on any atom is 0.243 e. The molecule has 0 fully saturated rings. The van der Waals surface area contributed by atoms with Crippen molar-refractivity contribution in [3.8, 4) is 5.75 Å². The smallest absolute Gasteiger partial charge is 0.243 e. The molecule has 0 aliphatic carbocycles. The monoisotopic (exact) mass is 442 g/mol. The summed E-state index contributed by atoms with van der Waals surface area (Å²) in [6.07, 6.45) is 1.78. The molecule has 2 rings (SSSR count). The van der Waals surface area contributed by atoms with Crippen LogP contribution < -0.4 is 10.1 Å². The normalized spacial score (nSPS) is 12.6. The molecule has 2 aromatic rings. The van der Waals surface area contributed by atoms with Gasteiger partial charge in [-0.15, -0.1) is 11.8 Å². The standard InChI is InChI=1S/C25H34N2O3S/c1-5-19(3)26-25(29)23(6-2)27(18-20-11-10-12-21(17-20)30-4)24(28)15-16-31-22-13-8-7-9-14-22/h7-14,17,19,23H,5-6,15-16,18H2,1-4H3,(H,26,29). The third-order valence-corrected chi connectivity index (χ3v) is 6.22. The summed E-state index contributed by atoms with van der Waals surface area (Å²) in [7, 11) is 1.62. The van der Waals surface area contributed by atoms with Gasteiger partial charge in [-0.05, 0) is 49.6 Å². The minimum Gasteiger partial charge on any atom is -0.497 e. The zero-order valence-electron chi connectivity index (χ0n) is 19.0. The number of nitrogens with one attached hydrogen (secondary N) is 1. The minimum absolute atomic E-state index is 0.0163. The first-order valence-electron chi connectivity index (χ1n) is 10.9. The van der Waals surface area contributed by atoms with Gasteiger partial charge in [0.1, 0.15) is 11.8 Å². The van der Waals surface area contributed by atoms with Gasteiger partial charge in [0, 0.05) is 29.7 Å². The molecule has 0 saturated carbocycles. The van der Waals surface area contributed by atoms with Crippen molar-refractivity contribution in [3.63, 3.8) is 0 Å². The van der Waals surface area contributed by atoms with Gasteiger partial charge >= 0.3 is 0 Å². The second-order valence-corrected chi connectivity index (χ2v) is 8.69. The van der Waals surface area contributed by atoms with Crippen molar-refractivity contribution in [2.24, 2.45) is 0 Å². The first-order chi connectivity index (χ1) is 15.0. The van der Waals surface area contributed by atoms with Gasteiger partial charge in [0.15, 0.2) is 0 Å². The second kappa shape index (κ2) is 13.1. The predicted octanol–water partition coefficient (Wildman–Crippen LogP) is 4.90. The van der Waals surface area contributed by atoms with Crippen LogP contribution in [0.5, 0.6) is 5.75 Å². The highest BCUT2D eigenvalue weighted by Gasteiger charge is 2.29. The van der Waals surface area contributed by atoms with E-state index in [4.69, 9.17) is 4.74 Å². The van der Waals surface area contributed by atoms with E-state index in [0.29, 0.717) is 25.1 Å². The number of carbonyl (C=O) groups is 2. The fraction of sp³-hybridized carbons (Fsp3) is 0.440. The zero-order valence-corrected chi connectivity index (χ0v) is 19.8. The molecule has 2 atom stereocenters. The van der Waals surface area contributed by atoms with Gasteiger partial charge in [0.2, 0.25) is 11.8 Å². The molecule has 168 valence electrons. The van der Waals surface area contributed by atoms with E-state index in [0.717, 1.165) is 22.6 Å². The minimum atomic E-state index is -0.505. The summed E-state index contributed by atoms with van der Waals surface area (Å²) in [6, 6.07) is 17.3. The molecule has 1 N–H and O–H groups in total. The van der Waals surface area contributed by atoms with Crippen molar-refractivity contribution in [2.75, 3.05) is 12.9 Å². The molecular weight excluding hydrogens is 408 g/mol. The Morgan fingerprint density at radius 3 is 2.45 bits per heavy atom. The van der Waals surface area contributed by atoms with Gasteiger partial charge in [0.05, 0.1) is 7.11 Å². The van der Waals surface area contributed by atoms with E-state index < -0.39 is 6.04 Å². The Morgan fingerprint density at radius 1 is 1.06 bits per heavy atom. The van der Waals surface area contributed by atoms with Crippen molar-refractivity contribution < 1.29 is 14.3 Å². The number of methoxy groups -OCH3 is 1. The summed E-state index contributed by atoms with van der Waals surface area (Å²) in [5, 5.41) is 3.04. The van der Waals surface area contributed by atoms with Crippen LogP contribution in [0.3, 0.4) is 0 Å². The number of thioether (sulfide) groups is 1. The molecule has 2 unspecified atom stereocenters. The van der Waals surface area contributed by atoms with Crippen LogP contribution >= 0.6 is 11.8 Å². The Labute approximate surface area is 190 Å². The number of rotatable bonds is 12. The Hall–Kier alpha value is -2.47. The van der Waals surface area contributed by atoms with Crippen molar-refractivity contribution in [1.29, 1.82) is 0 Å². The molecular formula is C25H34N2O3S. The van der Waals surface area contributed by atoms with E-state index in [9.17, 15) is 9.59 Å². The first-order valence-corrected chi connectivity index (χ1v) is 11.9. The molecule has 2 aromatic carbocycles. The molecule has 31 heavy (non-hydrogen) atoms. The summed E-state index contributed by atoms with van der Waals surface area (Å²) in [4.78, 5) is 29.1. The maximum absolute atomic E-state index is 13.3. The summed E-state index contributed by atoms with van der Waals surface area (Å²) in [5.41, 5.74) is 0.943. The van der Waals surface area contributed by atoms with Gasteiger partial charge in [-0.1, -0.05) is 44.2 Å². The first kappa shape index (κ1) is 24.8. The van der Waals surface area contributed by atoms with Crippen LogP contribution in [0, 0.1) is 0 Å². The number of hydrogen-bond acceptors (Lipinski definition) is 4. The van der Waals surface area contributed by atoms with Crippen LogP contribution in [0.1, 0.15) is 45.6 Å². The molecule has 5 nitrogen and oxygen atoms in total. The van der Waals surface area contributed by atoms with Crippen LogP contribution in [0.4, 0.5) is 0 Å². The van der Waals surface area contributed by atoms with Gasteiger partial charge in [-0.3, -0.25) is 9.59 Å². The van der Waals surface area contributed by atoms with Crippen molar-refractivity contribution >= 4 is 23.6 Å². The predicted molar refractivity (Wildman–Crippen MR) is 127 cm³/mol. The third kappa shape index (κ3) is 7.94. The molecule has 0 radical (unpaired) electrons. The third-order valence-electron chi connectivity index (χ3n) is 5.20. The second-order valence-electron chi connectivity index (χ2n) is 7.53.